The molecule has 1 saturated heterocycles. The van der Waals surface area contributed by atoms with Crippen LogP contribution in [0.25, 0.3) is 10.9 Å². The largest absolute Gasteiger partial charge is 0.494 e. The minimum atomic E-state index is -4.76. The lowest BCUT2D eigenvalue weighted by molar-refractivity contribution is -0.140. The monoisotopic (exact) mass is 1380 g/mol. The number of ether oxygens (including phenoxy) is 4. The predicted octanol–water partition coefficient (Wildman–Crippen LogP) is -1.89. The Morgan fingerprint density at radius 1 is 0.632 bits per heavy atom. The molecule has 37 heteroatoms. The molecule has 2 aromatic heterocycles. The molecule has 4 aromatic rings. The van der Waals surface area contributed by atoms with Crippen LogP contribution in [0.2, 0.25) is 0 Å². The fourth-order valence-corrected chi connectivity index (χ4v) is 12.2. The first kappa shape index (κ1) is 77.7. The highest BCUT2D eigenvalue weighted by Crippen LogP contribution is 2.26. The summed E-state index contributed by atoms with van der Waals surface area (Å²) in [5.74, 6) is -7.53. The maximum atomic E-state index is 13.6. The number of aromatic nitrogens is 4. The van der Waals surface area contributed by atoms with Crippen molar-refractivity contribution < 1.29 is 99.1 Å². The van der Waals surface area contributed by atoms with Gasteiger partial charge in [0.1, 0.15) is 23.6 Å². The number of imidazole rings is 1. The van der Waals surface area contributed by atoms with Gasteiger partial charge in [0.2, 0.25) is 27.7 Å². The molecule has 2 aromatic carbocycles. The predicted molar refractivity (Wildman–Crippen MR) is 341 cm³/mol. The van der Waals surface area contributed by atoms with Gasteiger partial charge in [0, 0.05) is 128 Å². The molecule has 5 rings (SSSR count). The number of carbonyl (C=O) groups excluding carboxylic acids is 4. The van der Waals surface area contributed by atoms with Crippen LogP contribution in [-0.4, -0.2) is 297 Å². The Balaban J connectivity index is 0.900. The number of H-pyrrole nitrogens is 1. The number of carboxylic acids is 4. The number of benzene rings is 2. The maximum absolute atomic E-state index is 13.6. The number of carbonyl (C=O) groups is 8. The molecule has 0 saturated carbocycles. The van der Waals surface area contributed by atoms with Gasteiger partial charge in [-0.15, -0.1) is 0 Å². The van der Waals surface area contributed by atoms with Crippen molar-refractivity contribution in [3.8, 4) is 5.75 Å². The van der Waals surface area contributed by atoms with E-state index < -0.39 is 92.7 Å². The Morgan fingerprint density at radius 3 is 1.71 bits per heavy atom. The fourth-order valence-electron chi connectivity index (χ4n) is 9.93. The molecule has 95 heavy (non-hydrogen) atoms. The van der Waals surface area contributed by atoms with Crippen LogP contribution in [-0.2, 0) is 74.5 Å². The highest BCUT2D eigenvalue weighted by molar-refractivity contribution is 7.89. The second kappa shape index (κ2) is 40.4. The summed E-state index contributed by atoms with van der Waals surface area (Å²) in [6, 6.07) is 4.53. The van der Waals surface area contributed by atoms with Crippen molar-refractivity contribution in [3.63, 3.8) is 0 Å². The van der Waals surface area contributed by atoms with Gasteiger partial charge in [-0.25, -0.2) is 13.4 Å². The highest BCUT2D eigenvalue weighted by atomic mass is 32.2. The third-order valence-corrected chi connectivity index (χ3v) is 17.1. The van der Waals surface area contributed by atoms with Crippen LogP contribution < -0.4 is 36.0 Å². The number of carboxylic acid groups (broad SMARTS) is 4. The molecular formula is C58H88N14O21S2. The zero-order valence-corrected chi connectivity index (χ0v) is 54.8. The number of aliphatic carboxylic acids is 4. The van der Waals surface area contributed by atoms with Gasteiger partial charge in [-0.3, -0.25) is 67.2 Å². The summed E-state index contributed by atoms with van der Waals surface area (Å²) in [5.41, 5.74) is 1.59. The molecule has 35 nitrogen and oxygen atoms in total. The molecular weight excluding hydrogens is 1290 g/mol. The van der Waals surface area contributed by atoms with Gasteiger partial charge in [0.15, 0.2) is 5.95 Å². The van der Waals surface area contributed by atoms with Gasteiger partial charge in [-0.2, -0.15) is 18.2 Å². The molecule has 3 heterocycles. The van der Waals surface area contributed by atoms with Crippen molar-refractivity contribution in [2.75, 3.05) is 162 Å². The van der Waals surface area contributed by atoms with E-state index >= 15 is 0 Å². The topological polar surface area (TPSA) is 475 Å². The van der Waals surface area contributed by atoms with E-state index in [9.17, 15) is 80.2 Å². The minimum absolute atomic E-state index is 0.0133. The van der Waals surface area contributed by atoms with Gasteiger partial charge in [-0.05, 0) is 81.0 Å². The first-order valence-electron chi connectivity index (χ1n) is 30.8. The number of nitrogens with zero attached hydrogens (tertiary/aromatic N) is 7. The Morgan fingerprint density at radius 2 is 1.18 bits per heavy atom. The van der Waals surface area contributed by atoms with Crippen molar-refractivity contribution >= 4 is 84.5 Å². The zero-order chi connectivity index (χ0) is 69.3. The van der Waals surface area contributed by atoms with Gasteiger partial charge in [0.25, 0.3) is 16.0 Å². The first-order valence-corrected chi connectivity index (χ1v) is 33.9. The van der Waals surface area contributed by atoms with Crippen molar-refractivity contribution in [2.45, 2.75) is 69.5 Å². The van der Waals surface area contributed by atoms with Gasteiger partial charge >= 0.3 is 23.9 Å². The smallest absolute Gasteiger partial charge is 0.323 e. The van der Waals surface area contributed by atoms with Crippen LogP contribution in [0.4, 0.5) is 5.95 Å². The molecule has 0 bridgehead atoms. The summed E-state index contributed by atoms with van der Waals surface area (Å²) in [7, 11) is -9.18. The standard InChI is InChI=1S/C58H88N14O21S2/c1-41-31-45(32-42(2)54(41)95(88,89)67-46(57(83)84)35-64-55(81)43-8-9-48-44(33-43)34-65-72(48)15-4-10-61-58-62-13-14-63-58)93-26-3-7-49(73)59-11-5-24-90-27-29-92-30-28-91-25-6-12-60-56(82)47(40-94(85,86)87)66-50(74)36-68-16-18-69(37-51(75)76)20-22-71(39-53(79)80)23-21-70(19-17-68)38-52(77)78/h8-9,13-14,31-34,46-47,67H,3-7,10-12,15-30,35-40H2,1-2H3,(H,59,73)(H,60,82)(H,64,81)(H,66,74)(H,75,76)(H,77,78)(H,79,80)(H,83,84)(H2,61,62,63)(H,85,86,87)/t46-,47+/m0/s1. The van der Waals surface area contributed by atoms with Crippen LogP contribution in [0.5, 0.6) is 5.75 Å². The van der Waals surface area contributed by atoms with Gasteiger partial charge < -0.3 is 70.9 Å². The Hall–Kier alpha value is -7.98. The summed E-state index contributed by atoms with van der Waals surface area (Å²) < 4.78 is 87.0. The van der Waals surface area contributed by atoms with Crippen molar-refractivity contribution in [1.29, 1.82) is 0 Å². The zero-order valence-electron chi connectivity index (χ0n) is 53.2. The van der Waals surface area contributed by atoms with E-state index in [1.807, 2.05) is 0 Å². The van der Waals surface area contributed by atoms with Crippen molar-refractivity contribution in [2.24, 2.45) is 0 Å². The number of fused-ring (bicyclic) bond motifs is 1. The summed E-state index contributed by atoms with van der Waals surface area (Å²) in [6.45, 7) is 5.25. The molecule has 0 unspecified atom stereocenters. The maximum Gasteiger partial charge on any atom is 0.323 e. The number of aryl methyl sites for hydroxylation is 3. The lowest BCUT2D eigenvalue weighted by atomic mass is 10.1. The summed E-state index contributed by atoms with van der Waals surface area (Å²) in [6.07, 6.45) is 7.05. The van der Waals surface area contributed by atoms with Crippen LogP contribution in [0.3, 0.4) is 0 Å². The lowest BCUT2D eigenvalue weighted by Crippen LogP contribution is -2.54. The number of anilines is 1. The molecule has 528 valence electrons. The summed E-state index contributed by atoms with van der Waals surface area (Å²) in [4.78, 5) is 112. The molecule has 0 spiro atoms. The van der Waals surface area contributed by atoms with E-state index in [4.69, 9.17) is 18.9 Å². The number of rotatable bonds is 43. The van der Waals surface area contributed by atoms with E-state index in [0.29, 0.717) is 56.2 Å². The van der Waals surface area contributed by atoms with Gasteiger partial charge in [0.05, 0.1) is 75.8 Å². The third kappa shape index (κ3) is 30.1. The molecule has 1 aliphatic rings. The van der Waals surface area contributed by atoms with E-state index in [0.717, 1.165) is 11.9 Å². The number of nitrogens with one attached hydrogen (secondary N) is 7. The summed E-state index contributed by atoms with van der Waals surface area (Å²) >= 11 is 0. The number of aromatic amines is 1. The second-order valence-electron chi connectivity index (χ2n) is 22.3. The molecule has 1 aliphatic heterocycles. The van der Waals surface area contributed by atoms with Crippen LogP contribution >= 0.6 is 0 Å². The molecule has 2 atom stereocenters. The average Bonchev–Trinajstić information content (AvgIpc) is 1.80. The van der Waals surface area contributed by atoms with E-state index in [2.05, 4.69) is 46.4 Å². The minimum Gasteiger partial charge on any atom is -0.494 e. The number of hydrogen-bond acceptors (Lipinski definition) is 23. The SMILES string of the molecule is Cc1cc(OCCCC(=O)NCCCOCCOCCOCCCNC(=O)[C@@H](CS(=O)(=O)O)NC(=O)CN2CCN(CC(=O)O)CCN(CC(=O)O)CCN(CC(=O)O)CC2)cc(C)c1S(=O)(=O)N[C@@H](CNC(=O)c1ccc2c(cnn2CCCNc2ncc[nH]2)c1)C(=O)O. The summed E-state index contributed by atoms with van der Waals surface area (Å²) in [5, 5.41) is 56.8. The quantitative estimate of drug-likeness (QED) is 0.0170. The van der Waals surface area contributed by atoms with Crippen molar-refractivity contribution in [1.82, 2.24) is 65.3 Å². The molecule has 4 amide bonds. The van der Waals surface area contributed by atoms with Crippen molar-refractivity contribution in [3.05, 3.63) is 65.6 Å². The van der Waals surface area contributed by atoms with E-state index in [-0.39, 0.29) is 159 Å². The Kier molecular flexibility index (Phi) is 33.1. The molecule has 0 aliphatic carbocycles. The van der Waals surface area contributed by atoms with Crippen LogP contribution in [0, 0.1) is 13.8 Å². The van der Waals surface area contributed by atoms with E-state index in [1.54, 1.807) is 61.1 Å². The molecule has 0 radical (unpaired) electrons. The van der Waals surface area contributed by atoms with E-state index in [1.165, 1.54) is 26.0 Å². The third-order valence-electron chi connectivity index (χ3n) is 14.5. The van der Waals surface area contributed by atoms with Gasteiger partial charge in [-0.1, -0.05) is 0 Å². The number of hydrogen-bond donors (Lipinski definition) is 12. The van der Waals surface area contributed by atoms with Crippen LogP contribution in [0.15, 0.2) is 53.8 Å². The molecule has 1 fully saturated rings. The number of sulfonamides is 1. The lowest BCUT2D eigenvalue weighted by Gasteiger charge is -2.33. The number of amides is 4. The van der Waals surface area contributed by atoms with Crippen LogP contribution in [0.1, 0.15) is 53.6 Å². The molecule has 12 N–H and O–H groups in total. The fraction of sp³-hybridized carbons (Fsp3) is 0.586. The Labute approximate surface area is 549 Å². The Bertz CT molecular complexity index is 3320. The highest BCUT2D eigenvalue weighted by Gasteiger charge is 2.31. The second-order valence-corrected chi connectivity index (χ2v) is 25.4. The average molecular weight is 1380 g/mol. The normalized spacial score (nSPS) is 14.8. The first-order chi connectivity index (χ1) is 45.2.